The Hall–Kier alpha value is 0.0569. The van der Waals surface area contributed by atoms with E-state index in [1.165, 1.54) is 90.6 Å². The molecule has 0 amide bonds. The zero-order valence-electron chi connectivity index (χ0n) is 19.9. The monoisotopic (exact) mass is 401 g/mol. The molecule has 27 heavy (non-hydrogen) atoms. The van der Waals surface area contributed by atoms with Crippen LogP contribution >= 0.6 is 0 Å². The van der Waals surface area contributed by atoms with Crippen LogP contribution in [0.2, 0.25) is 19.1 Å². The van der Waals surface area contributed by atoms with Crippen LogP contribution in [0.25, 0.3) is 0 Å². The number of hydrogen-bond acceptors (Lipinski definition) is 4. The minimum atomic E-state index is -1.49. The highest BCUT2D eigenvalue weighted by Gasteiger charge is 2.22. The lowest BCUT2D eigenvalue weighted by molar-refractivity contribution is 0.215. The molecule has 0 aromatic carbocycles. The van der Waals surface area contributed by atoms with E-state index in [9.17, 15) is 0 Å². The summed E-state index contributed by atoms with van der Waals surface area (Å²) in [6, 6.07) is 1.25. The largest absolute Gasteiger partial charge is 0.418 e. The maximum atomic E-state index is 6.06. The van der Waals surface area contributed by atoms with Crippen molar-refractivity contribution in [3.8, 4) is 0 Å². The Morgan fingerprint density at radius 1 is 0.593 bits per heavy atom. The van der Waals surface area contributed by atoms with E-state index in [1.54, 1.807) is 0 Å². The topological polar surface area (TPSA) is 19.0 Å². The van der Waals surface area contributed by atoms with Crippen LogP contribution in [0.3, 0.4) is 0 Å². The molecule has 164 valence electrons. The van der Waals surface area contributed by atoms with Gasteiger partial charge in [0, 0.05) is 6.61 Å². The van der Waals surface area contributed by atoms with Crippen LogP contribution in [0.4, 0.5) is 0 Å². The summed E-state index contributed by atoms with van der Waals surface area (Å²) in [7, 11) is -1.49. The Morgan fingerprint density at radius 3 is 1.41 bits per heavy atom. The maximum Gasteiger partial charge on any atom is 0.187 e. The van der Waals surface area contributed by atoms with E-state index in [-0.39, 0.29) is 0 Å². The Labute approximate surface area is 172 Å². The Kier molecular flexibility index (Phi) is 17.0. The van der Waals surface area contributed by atoms with E-state index in [0.717, 1.165) is 6.61 Å². The van der Waals surface area contributed by atoms with Crippen LogP contribution in [-0.4, -0.2) is 88.5 Å². The first-order valence-corrected chi connectivity index (χ1v) is 14.8. The fourth-order valence-electron chi connectivity index (χ4n) is 3.75. The Morgan fingerprint density at radius 2 is 1.04 bits per heavy atom. The highest BCUT2D eigenvalue weighted by molar-refractivity contribution is 6.71. The standard InChI is InChI=1S/C22H51N3OSi/c1-8-15-23(10-3)17-13-19-25(21-22-27(6,7)26-12-5)20-14-18-24(11-4)16-9-2/h8-22H2,1-7H3. The molecule has 0 N–H and O–H groups in total. The van der Waals surface area contributed by atoms with Gasteiger partial charge in [0.2, 0.25) is 0 Å². The summed E-state index contributed by atoms with van der Waals surface area (Å²) in [5.74, 6) is 0. The molecule has 0 saturated carbocycles. The lowest BCUT2D eigenvalue weighted by atomic mass is 10.3. The van der Waals surface area contributed by atoms with Gasteiger partial charge in [0.05, 0.1) is 0 Å². The van der Waals surface area contributed by atoms with Crippen molar-refractivity contribution >= 4 is 8.32 Å². The van der Waals surface area contributed by atoms with Crippen molar-refractivity contribution in [2.45, 2.75) is 79.4 Å². The predicted molar refractivity (Wildman–Crippen MR) is 124 cm³/mol. The molecule has 5 heteroatoms. The first-order chi connectivity index (χ1) is 12.9. The molecule has 0 aliphatic heterocycles. The van der Waals surface area contributed by atoms with Gasteiger partial charge in [-0.25, -0.2) is 0 Å². The Bertz CT molecular complexity index is 309. The van der Waals surface area contributed by atoms with Gasteiger partial charge >= 0.3 is 0 Å². The summed E-state index contributed by atoms with van der Waals surface area (Å²) in [6.45, 7) is 27.9. The van der Waals surface area contributed by atoms with Crippen molar-refractivity contribution in [3.05, 3.63) is 0 Å². The molecule has 0 aliphatic carbocycles. The van der Waals surface area contributed by atoms with Gasteiger partial charge in [0.15, 0.2) is 8.32 Å². The minimum absolute atomic E-state index is 0.865. The van der Waals surface area contributed by atoms with E-state index in [2.05, 4.69) is 62.4 Å². The molecular formula is C22H51N3OSi. The second-order valence-corrected chi connectivity index (χ2v) is 12.7. The Balaban J connectivity index is 4.46. The van der Waals surface area contributed by atoms with Crippen molar-refractivity contribution in [2.24, 2.45) is 0 Å². The number of nitrogens with zero attached hydrogens (tertiary/aromatic N) is 3. The van der Waals surface area contributed by atoms with E-state index >= 15 is 0 Å². The lowest BCUT2D eigenvalue weighted by Crippen LogP contribution is -2.38. The van der Waals surface area contributed by atoms with E-state index < -0.39 is 8.32 Å². The molecule has 0 bridgehead atoms. The molecule has 0 heterocycles. The van der Waals surface area contributed by atoms with Crippen molar-refractivity contribution in [2.75, 3.05) is 65.5 Å². The van der Waals surface area contributed by atoms with Gasteiger partial charge in [-0.1, -0.05) is 27.7 Å². The second-order valence-electron chi connectivity index (χ2n) is 8.36. The van der Waals surface area contributed by atoms with Crippen LogP contribution in [0.15, 0.2) is 0 Å². The van der Waals surface area contributed by atoms with Gasteiger partial charge in [0.25, 0.3) is 0 Å². The zero-order valence-corrected chi connectivity index (χ0v) is 20.9. The lowest BCUT2D eigenvalue weighted by Gasteiger charge is -2.29. The van der Waals surface area contributed by atoms with Gasteiger partial charge in [-0.05, 0) is 111 Å². The predicted octanol–water partition coefficient (Wildman–Crippen LogP) is 4.77. The first-order valence-electron chi connectivity index (χ1n) is 11.7. The summed E-state index contributed by atoms with van der Waals surface area (Å²) in [5, 5.41) is 0. The van der Waals surface area contributed by atoms with Crippen LogP contribution < -0.4 is 0 Å². The molecule has 0 saturated heterocycles. The fraction of sp³-hybridized carbons (Fsp3) is 1.00. The molecule has 0 aromatic heterocycles. The average molecular weight is 402 g/mol. The third-order valence-corrected chi connectivity index (χ3v) is 7.93. The van der Waals surface area contributed by atoms with E-state index in [4.69, 9.17) is 4.43 Å². The van der Waals surface area contributed by atoms with Crippen LogP contribution in [0.1, 0.15) is 60.3 Å². The molecule has 0 fully saturated rings. The molecule has 0 atom stereocenters. The van der Waals surface area contributed by atoms with Crippen molar-refractivity contribution in [1.82, 2.24) is 14.7 Å². The molecule has 0 aliphatic rings. The third-order valence-electron chi connectivity index (χ3n) is 5.44. The fourth-order valence-corrected chi connectivity index (χ4v) is 5.53. The smallest absolute Gasteiger partial charge is 0.187 e. The molecule has 4 nitrogen and oxygen atoms in total. The molecule has 0 aromatic rings. The van der Waals surface area contributed by atoms with Crippen LogP contribution in [0, 0.1) is 0 Å². The van der Waals surface area contributed by atoms with Gasteiger partial charge in [0.1, 0.15) is 0 Å². The molecule has 0 radical (unpaired) electrons. The summed E-state index contributed by atoms with van der Waals surface area (Å²) >= 11 is 0. The van der Waals surface area contributed by atoms with Crippen LogP contribution in [-0.2, 0) is 4.43 Å². The summed E-state index contributed by atoms with van der Waals surface area (Å²) in [4.78, 5) is 7.90. The maximum absolute atomic E-state index is 6.06. The molecule has 0 unspecified atom stereocenters. The molecular weight excluding hydrogens is 350 g/mol. The summed E-state index contributed by atoms with van der Waals surface area (Å²) in [6.07, 6.45) is 5.10. The second kappa shape index (κ2) is 17.0. The normalized spacial score (nSPS) is 12.7. The summed E-state index contributed by atoms with van der Waals surface area (Å²) < 4.78 is 6.06. The number of rotatable bonds is 19. The van der Waals surface area contributed by atoms with Crippen molar-refractivity contribution in [1.29, 1.82) is 0 Å². The van der Waals surface area contributed by atoms with Crippen molar-refractivity contribution < 1.29 is 4.43 Å². The highest BCUT2D eigenvalue weighted by atomic mass is 28.4. The summed E-state index contributed by atoms with van der Waals surface area (Å²) in [5.41, 5.74) is 0. The molecule has 0 spiro atoms. The van der Waals surface area contributed by atoms with Gasteiger partial charge in [-0.15, -0.1) is 0 Å². The first kappa shape index (κ1) is 27.1. The number of hydrogen-bond donors (Lipinski definition) is 0. The third kappa shape index (κ3) is 14.7. The van der Waals surface area contributed by atoms with E-state index in [1.807, 2.05) is 0 Å². The zero-order chi connectivity index (χ0) is 20.5. The van der Waals surface area contributed by atoms with E-state index in [0.29, 0.717) is 0 Å². The minimum Gasteiger partial charge on any atom is -0.418 e. The van der Waals surface area contributed by atoms with Crippen molar-refractivity contribution in [3.63, 3.8) is 0 Å². The van der Waals surface area contributed by atoms with Gasteiger partial charge < -0.3 is 19.1 Å². The van der Waals surface area contributed by atoms with Gasteiger partial charge in [-0.2, -0.15) is 0 Å². The average Bonchev–Trinajstić information content (AvgIpc) is 2.64. The SMILES string of the molecule is CCCN(CC)CCCN(CCCN(CC)CCC)CC[Si](C)(C)OCC. The molecule has 0 rings (SSSR count). The van der Waals surface area contributed by atoms with Gasteiger partial charge in [-0.3, -0.25) is 0 Å². The van der Waals surface area contributed by atoms with Crippen LogP contribution in [0.5, 0.6) is 0 Å². The highest BCUT2D eigenvalue weighted by Crippen LogP contribution is 2.13. The quantitative estimate of drug-likeness (QED) is 0.290.